The fraction of sp³-hybridized carbons (Fsp3) is 0.600. The predicted octanol–water partition coefficient (Wildman–Crippen LogP) is 1.04. The molecule has 1 N–H and O–H groups in total. The van der Waals surface area contributed by atoms with E-state index in [-0.39, 0.29) is 0 Å². The van der Waals surface area contributed by atoms with E-state index in [2.05, 4.69) is 11.8 Å². The van der Waals surface area contributed by atoms with Gasteiger partial charge in [-0.1, -0.05) is 6.58 Å². The quantitative estimate of drug-likeness (QED) is 0.383. The van der Waals surface area contributed by atoms with E-state index >= 15 is 0 Å². The van der Waals surface area contributed by atoms with E-state index in [1.807, 2.05) is 0 Å². The van der Waals surface area contributed by atoms with Crippen LogP contribution in [0.1, 0.15) is 0 Å². The van der Waals surface area contributed by atoms with Gasteiger partial charge in [-0.15, -0.1) is 0 Å². The van der Waals surface area contributed by atoms with Gasteiger partial charge in [-0.25, -0.2) is 5.01 Å². The molecular formula is C5H13N2O2P. The molecule has 0 saturated heterocycles. The van der Waals surface area contributed by atoms with Gasteiger partial charge in [0.25, 0.3) is 0 Å². The first-order valence-corrected chi connectivity index (χ1v) is 4.87. The first kappa shape index (κ1) is 9.69. The van der Waals surface area contributed by atoms with Crippen molar-refractivity contribution in [1.82, 2.24) is 10.2 Å². The van der Waals surface area contributed by atoms with Gasteiger partial charge < -0.3 is 4.52 Å². The Morgan fingerprint density at radius 3 is 2.50 bits per heavy atom. The zero-order valence-corrected chi connectivity index (χ0v) is 7.39. The molecule has 1 atom stereocenters. The number of hydrogen-bond donors (Lipinski definition) is 1. The Labute approximate surface area is 61.3 Å². The number of hydrazine groups is 1. The SMILES string of the molecule is C=COP(C)(=O)NN(C)C. The summed E-state index contributed by atoms with van der Waals surface area (Å²) < 4.78 is 15.9. The van der Waals surface area contributed by atoms with Crippen LogP contribution < -0.4 is 5.20 Å². The second-order valence-corrected chi connectivity index (χ2v) is 4.21. The summed E-state index contributed by atoms with van der Waals surface area (Å²) in [6.07, 6.45) is 1.16. The summed E-state index contributed by atoms with van der Waals surface area (Å²) in [5, 5.41) is 4.19. The smallest absolute Gasteiger partial charge is 0.326 e. The summed E-state index contributed by atoms with van der Waals surface area (Å²) in [6, 6.07) is 0. The Morgan fingerprint density at radius 1 is 1.70 bits per heavy atom. The van der Waals surface area contributed by atoms with Crippen molar-refractivity contribution in [2.45, 2.75) is 0 Å². The molecule has 5 heteroatoms. The van der Waals surface area contributed by atoms with E-state index < -0.39 is 7.52 Å². The van der Waals surface area contributed by atoms with Crippen molar-refractivity contribution in [1.29, 1.82) is 0 Å². The van der Waals surface area contributed by atoms with Crippen molar-refractivity contribution < 1.29 is 9.09 Å². The number of hydrogen-bond acceptors (Lipinski definition) is 3. The van der Waals surface area contributed by atoms with Crippen LogP contribution in [0.2, 0.25) is 0 Å². The van der Waals surface area contributed by atoms with Crippen LogP contribution in [0.4, 0.5) is 0 Å². The Balaban J connectivity index is 3.87. The van der Waals surface area contributed by atoms with Crippen LogP contribution in [0.25, 0.3) is 0 Å². The van der Waals surface area contributed by atoms with Crippen LogP contribution in [-0.2, 0) is 9.09 Å². The Hall–Kier alpha value is -0.310. The molecular weight excluding hydrogens is 151 g/mol. The molecule has 10 heavy (non-hydrogen) atoms. The first-order chi connectivity index (χ1) is 4.48. The average molecular weight is 164 g/mol. The molecule has 0 aromatic rings. The lowest BCUT2D eigenvalue weighted by atomic mass is 11.2. The minimum Gasteiger partial charge on any atom is -0.441 e. The zero-order chi connectivity index (χ0) is 8.20. The third kappa shape index (κ3) is 4.56. The normalized spacial score (nSPS) is 16.4. The van der Waals surface area contributed by atoms with Crippen LogP contribution in [-0.4, -0.2) is 25.8 Å². The fourth-order valence-corrected chi connectivity index (χ4v) is 1.59. The molecule has 0 aliphatic rings. The molecule has 0 amide bonds. The highest BCUT2D eigenvalue weighted by Crippen LogP contribution is 2.37. The lowest BCUT2D eigenvalue weighted by Crippen LogP contribution is -2.27. The summed E-state index contributed by atoms with van der Waals surface area (Å²) >= 11 is 0. The molecule has 0 heterocycles. The Bertz CT molecular complexity index is 158. The summed E-state index contributed by atoms with van der Waals surface area (Å²) in [5.74, 6) is 0. The largest absolute Gasteiger partial charge is 0.441 e. The standard InChI is InChI=1S/C5H13N2O2P/c1-5-9-10(4,8)6-7(2)3/h5H,1H2,2-4H3,(H,6,8). The maximum Gasteiger partial charge on any atom is 0.326 e. The molecule has 4 nitrogen and oxygen atoms in total. The predicted molar refractivity (Wildman–Crippen MR) is 41.6 cm³/mol. The van der Waals surface area contributed by atoms with Gasteiger partial charge in [-0.05, 0) is 0 Å². The lowest BCUT2D eigenvalue weighted by molar-refractivity contribution is 0.326. The zero-order valence-electron chi connectivity index (χ0n) is 6.50. The highest BCUT2D eigenvalue weighted by atomic mass is 31.2. The molecule has 0 rings (SSSR count). The summed E-state index contributed by atoms with van der Waals surface area (Å²) in [7, 11) is 0.787. The maximum absolute atomic E-state index is 11.2. The molecule has 0 fully saturated rings. The topological polar surface area (TPSA) is 41.6 Å². The third-order valence-corrected chi connectivity index (χ3v) is 1.97. The van der Waals surface area contributed by atoms with Crippen LogP contribution in [0, 0.1) is 0 Å². The van der Waals surface area contributed by atoms with Gasteiger partial charge in [-0.2, -0.15) is 5.20 Å². The minimum absolute atomic E-state index is 1.16. The Kier molecular flexibility index (Phi) is 3.64. The van der Waals surface area contributed by atoms with Crippen molar-refractivity contribution in [2.75, 3.05) is 20.8 Å². The summed E-state index contributed by atoms with van der Waals surface area (Å²) in [5.41, 5.74) is 0. The molecule has 0 aromatic heterocycles. The highest BCUT2D eigenvalue weighted by molar-refractivity contribution is 7.56. The summed E-state index contributed by atoms with van der Waals surface area (Å²) in [4.78, 5) is 0. The second kappa shape index (κ2) is 3.76. The van der Waals surface area contributed by atoms with Crippen molar-refractivity contribution in [2.24, 2.45) is 0 Å². The molecule has 0 spiro atoms. The van der Waals surface area contributed by atoms with Crippen LogP contribution in [0.15, 0.2) is 12.8 Å². The van der Waals surface area contributed by atoms with Crippen LogP contribution in [0.3, 0.4) is 0 Å². The number of rotatable bonds is 4. The molecule has 0 aliphatic carbocycles. The fourth-order valence-electron chi connectivity index (χ4n) is 0.529. The number of nitrogens with one attached hydrogen (secondary N) is 1. The van der Waals surface area contributed by atoms with Crippen molar-refractivity contribution in [3.63, 3.8) is 0 Å². The average Bonchev–Trinajstić information content (AvgIpc) is 1.59. The van der Waals surface area contributed by atoms with Gasteiger partial charge in [0.1, 0.15) is 0 Å². The molecule has 60 valence electrons. The molecule has 1 unspecified atom stereocenters. The van der Waals surface area contributed by atoms with Gasteiger partial charge in [0.15, 0.2) is 0 Å². The van der Waals surface area contributed by atoms with Gasteiger partial charge in [0, 0.05) is 20.8 Å². The van der Waals surface area contributed by atoms with Gasteiger partial charge in [-0.3, -0.25) is 4.57 Å². The lowest BCUT2D eigenvalue weighted by Gasteiger charge is -2.17. The molecule has 0 radical (unpaired) electrons. The van der Waals surface area contributed by atoms with Crippen molar-refractivity contribution >= 4 is 7.52 Å². The van der Waals surface area contributed by atoms with E-state index in [1.165, 1.54) is 6.66 Å². The van der Waals surface area contributed by atoms with Gasteiger partial charge in [0.05, 0.1) is 6.26 Å². The summed E-state index contributed by atoms with van der Waals surface area (Å²) in [6.45, 7) is 4.78. The van der Waals surface area contributed by atoms with E-state index in [0.29, 0.717) is 0 Å². The van der Waals surface area contributed by atoms with Crippen molar-refractivity contribution in [3.05, 3.63) is 12.8 Å². The minimum atomic E-state index is -2.69. The number of nitrogens with zero attached hydrogens (tertiary/aromatic N) is 1. The first-order valence-electron chi connectivity index (χ1n) is 2.80. The van der Waals surface area contributed by atoms with E-state index in [0.717, 1.165) is 6.26 Å². The molecule has 0 bridgehead atoms. The third-order valence-electron chi connectivity index (χ3n) is 0.657. The van der Waals surface area contributed by atoms with Gasteiger partial charge in [0.2, 0.25) is 0 Å². The van der Waals surface area contributed by atoms with Crippen molar-refractivity contribution in [3.8, 4) is 0 Å². The molecule has 0 saturated carbocycles. The van der Waals surface area contributed by atoms with E-state index in [9.17, 15) is 4.57 Å². The van der Waals surface area contributed by atoms with Crippen LogP contribution >= 0.6 is 7.52 Å². The van der Waals surface area contributed by atoms with Crippen LogP contribution in [0.5, 0.6) is 0 Å². The monoisotopic (exact) mass is 164 g/mol. The molecule has 0 aliphatic heterocycles. The Morgan fingerprint density at radius 2 is 2.20 bits per heavy atom. The highest BCUT2D eigenvalue weighted by Gasteiger charge is 2.14. The van der Waals surface area contributed by atoms with E-state index in [1.54, 1.807) is 19.1 Å². The molecule has 0 aromatic carbocycles. The van der Waals surface area contributed by atoms with E-state index in [4.69, 9.17) is 4.52 Å². The maximum atomic E-state index is 11.2. The van der Waals surface area contributed by atoms with Gasteiger partial charge >= 0.3 is 7.52 Å². The second-order valence-electron chi connectivity index (χ2n) is 2.11.